The van der Waals surface area contributed by atoms with Crippen LogP contribution in [0.3, 0.4) is 0 Å². The maximum Gasteiger partial charge on any atom is 0.132 e. The minimum atomic E-state index is 0.508. The van der Waals surface area contributed by atoms with E-state index in [9.17, 15) is 4.79 Å². The first-order valence-corrected chi connectivity index (χ1v) is 10.8. The molecule has 138 valence electrons. The Morgan fingerprint density at radius 1 is 0.435 bits per heavy atom. The molecule has 0 atom stereocenters. The Morgan fingerprint density at radius 3 is 1.00 bits per heavy atom. The fourth-order valence-corrected chi connectivity index (χ4v) is 3.21. The van der Waals surface area contributed by atoms with Crippen LogP contribution in [0.25, 0.3) is 0 Å². The third kappa shape index (κ3) is 19.6. The van der Waals surface area contributed by atoms with E-state index in [0.29, 0.717) is 5.78 Å². The molecule has 1 nitrogen and oxygen atoms in total. The SMILES string of the molecule is CCCCCCCCCCCCCCC(=O)CCCCCCC. The Labute approximate surface area is 147 Å². The van der Waals surface area contributed by atoms with Crippen molar-refractivity contribution in [1.82, 2.24) is 0 Å². The molecule has 1 heteroatoms. The van der Waals surface area contributed by atoms with Crippen LogP contribution in [0, 0.1) is 0 Å². The zero-order chi connectivity index (χ0) is 17.0. The van der Waals surface area contributed by atoms with Gasteiger partial charge in [-0.1, -0.05) is 110 Å². The molecule has 0 fully saturated rings. The van der Waals surface area contributed by atoms with Gasteiger partial charge in [0.05, 0.1) is 0 Å². The van der Waals surface area contributed by atoms with Crippen molar-refractivity contribution in [3.05, 3.63) is 0 Å². The molecule has 0 aromatic heterocycles. The number of ketones is 1. The quantitative estimate of drug-likeness (QED) is 0.220. The Balaban J connectivity index is 3.10. The monoisotopic (exact) mass is 324 g/mol. The zero-order valence-corrected chi connectivity index (χ0v) is 16.3. The van der Waals surface area contributed by atoms with Crippen molar-refractivity contribution >= 4 is 5.78 Å². The molecule has 0 aliphatic rings. The summed E-state index contributed by atoms with van der Waals surface area (Å²) < 4.78 is 0. The lowest BCUT2D eigenvalue weighted by molar-refractivity contribution is -0.119. The molecule has 0 amide bonds. The van der Waals surface area contributed by atoms with Crippen molar-refractivity contribution in [2.24, 2.45) is 0 Å². The van der Waals surface area contributed by atoms with Gasteiger partial charge in [0, 0.05) is 12.8 Å². The molecular formula is C22H44O. The second-order valence-electron chi connectivity index (χ2n) is 7.34. The molecule has 0 aliphatic carbocycles. The number of unbranched alkanes of at least 4 members (excludes halogenated alkanes) is 15. The molecule has 0 aromatic rings. The van der Waals surface area contributed by atoms with E-state index in [1.165, 1.54) is 96.3 Å². The highest BCUT2D eigenvalue weighted by Gasteiger charge is 2.01. The summed E-state index contributed by atoms with van der Waals surface area (Å²) in [7, 11) is 0. The first-order chi connectivity index (χ1) is 11.3. The van der Waals surface area contributed by atoms with E-state index in [1.54, 1.807) is 0 Å². The highest BCUT2D eigenvalue weighted by Crippen LogP contribution is 2.13. The zero-order valence-electron chi connectivity index (χ0n) is 16.3. The van der Waals surface area contributed by atoms with E-state index in [4.69, 9.17) is 0 Å². The summed E-state index contributed by atoms with van der Waals surface area (Å²) in [5, 5.41) is 0. The molecule has 0 N–H and O–H groups in total. The molecule has 0 heterocycles. The summed E-state index contributed by atoms with van der Waals surface area (Å²) in [5.41, 5.74) is 0. The molecule has 23 heavy (non-hydrogen) atoms. The van der Waals surface area contributed by atoms with Gasteiger partial charge in [0.2, 0.25) is 0 Å². The third-order valence-electron chi connectivity index (χ3n) is 4.87. The van der Waals surface area contributed by atoms with Crippen molar-refractivity contribution in [2.45, 2.75) is 136 Å². The number of Topliss-reactive ketones (excluding diaryl/α,β-unsaturated/α-hetero) is 1. The van der Waals surface area contributed by atoms with E-state index in [2.05, 4.69) is 13.8 Å². The molecule has 0 rings (SSSR count). The van der Waals surface area contributed by atoms with Gasteiger partial charge in [0.25, 0.3) is 0 Å². The molecule has 0 bridgehead atoms. The van der Waals surface area contributed by atoms with Crippen LogP contribution in [0.5, 0.6) is 0 Å². The molecular weight excluding hydrogens is 280 g/mol. The number of carbonyl (C=O) groups is 1. The normalized spacial score (nSPS) is 11.0. The van der Waals surface area contributed by atoms with Crippen molar-refractivity contribution < 1.29 is 4.79 Å². The highest BCUT2D eigenvalue weighted by molar-refractivity contribution is 5.78. The maximum atomic E-state index is 11.8. The van der Waals surface area contributed by atoms with Gasteiger partial charge in [-0.2, -0.15) is 0 Å². The van der Waals surface area contributed by atoms with Crippen molar-refractivity contribution in [3.63, 3.8) is 0 Å². The van der Waals surface area contributed by atoms with Crippen LogP contribution in [0.4, 0.5) is 0 Å². The summed E-state index contributed by atoms with van der Waals surface area (Å²) in [6, 6.07) is 0. The Hall–Kier alpha value is -0.330. The predicted molar refractivity (Wildman–Crippen MR) is 104 cm³/mol. The summed E-state index contributed by atoms with van der Waals surface area (Å²) in [5.74, 6) is 0.508. The predicted octanol–water partition coefficient (Wildman–Crippen LogP) is 8.01. The van der Waals surface area contributed by atoms with E-state index < -0.39 is 0 Å². The van der Waals surface area contributed by atoms with E-state index in [-0.39, 0.29) is 0 Å². The first kappa shape index (κ1) is 22.7. The van der Waals surface area contributed by atoms with Crippen molar-refractivity contribution in [1.29, 1.82) is 0 Å². The molecule has 0 radical (unpaired) electrons. The van der Waals surface area contributed by atoms with Crippen LogP contribution in [-0.4, -0.2) is 5.78 Å². The van der Waals surface area contributed by atoms with Gasteiger partial charge in [-0.15, -0.1) is 0 Å². The van der Waals surface area contributed by atoms with Crippen molar-refractivity contribution in [3.8, 4) is 0 Å². The Morgan fingerprint density at radius 2 is 0.696 bits per heavy atom. The second kappa shape index (κ2) is 19.7. The summed E-state index contributed by atoms with van der Waals surface area (Å²) in [6.07, 6.45) is 24.4. The van der Waals surface area contributed by atoms with Gasteiger partial charge in [0.1, 0.15) is 5.78 Å². The highest BCUT2D eigenvalue weighted by atomic mass is 16.1. The third-order valence-corrected chi connectivity index (χ3v) is 4.87. The molecule has 0 aliphatic heterocycles. The maximum absolute atomic E-state index is 11.8. The van der Waals surface area contributed by atoms with Crippen LogP contribution in [-0.2, 0) is 4.79 Å². The summed E-state index contributed by atoms with van der Waals surface area (Å²) >= 11 is 0. The molecule has 0 spiro atoms. The molecule has 0 unspecified atom stereocenters. The van der Waals surface area contributed by atoms with Gasteiger partial charge in [0.15, 0.2) is 0 Å². The first-order valence-electron chi connectivity index (χ1n) is 10.8. The van der Waals surface area contributed by atoms with Crippen LogP contribution in [0.15, 0.2) is 0 Å². The number of carbonyl (C=O) groups excluding carboxylic acids is 1. The smallest absolute Gasteiger partial charge is 0.132 e. The number of hydrogen-bond donors (Lipinski definition) is 0. The summed E-state index contributed by atoms with van der Waals surface area (Å²) in [4.78, 5) is 11.8. The minimum absolute atomic E-state index is 0.508. The number of rotatable bonds is 19. The van der Waals surface area contributed by atoms with E-state index in [0.717, 1.165) is 25.7 Å². The standard InChI is InChI=1S/C22H44O/c1-3-5-7-9-10-11-12-13-14-15-17-19-21-22(23)20-18-16-8-6-4-2/h3-21H2,1-2H3. The van der Waals surface area contributed by atoms with Gasteiger partial charge in [-0.25, -0.2) is 0 Å². The lowest BCUT2D eigenvalue weighted by atomic mass is 10.0. The average Bonchev–Trinajstić information content (AvgIpc) is 2.55. The summed E-state index contributed by atoms with van der Waals surface area (Å²) in [6.45, 7) is 4.51. The average molecular weight is 325 g/mol. The van der Waals surface area contributed by atoms with Gasteiger partial charge in [-0.05, 0) is 12.8 Å². The second-order valence-corrected chi connectivity index (χ2v) is 7.34. The van der Waals surface area contributed by atoms with Crippen LogP contribution in [0.2, 0.25) is 0 Å². The fraction of sp³-hybridized carbons (Fsp3) is 0.955. The van der Waals surface area contributed by atoms with Crippen molar-refractivity contribution in [2.75, 3.05) is 0 Å². The van der Waals surface area contributed by atoms with Gasteiger partial charge >= 0.3 is 0 Å². The largest absolute Gasteiger partial charge is 0.300 e. The van der Waals surface area contributed by atoms with Crippen LogP contribution >= 0.6 is 0 Å². The Kier molecular flexibility index (Phi) is 19.4. The topological polar surface area (TPSA) is 17.1 Å². The fourth-order valence-electron chi connectivity index (χ4n) is 3.21. The Bertz CT molecular complexity index is 234. The van der Waals surface area contributed by atoms with E-state index in [1.807, 2.05) is 0 Å². The van der Waals surface area contributed by atoms with Gasteiger partial charge in [-0.3, -0.25) is 4.79 Å². The minimum Gasteiger partial charge on any atom is -0.300 e. The molecule has 0 aromatic carbocycles. The lowest BCUT2D eigenvalue weighted by Gasteiger charge is -2.03. The van der Waals surface area contributed by atoms with Gasteiger partial charge < -0.3 is 0 Å². The molecule has 0 saturated carbocycles. The number of hydrogen-bond acceptors (Lipinski definition) is 1. The molecule has 0 saturated heterocycles. The lowest BCUT2D eigenvalue weighted by Crippen LogP contribution is -1.97. The van der Waals surface area contributed by atoms with Crippen LogP contribution < -0.4 is 0 Å². The van der Waals surface area contributed by atoms with Crippen LogP contribution in [0.1, 0.15) is 136 Å². The van der Waals surface area contributed by atoms with E-state index >= 15 is 0 Å².